The van der Waals surface area contributed by atoms with E-state index in [-0.39, 0.29) is 12.0 Å². The summed E-state index contributed by atoms with van der Waals surface area (Å²) in [6, 6.07) is 17.9. The first-order valence-corrected chi connectivity index (χ1v) is 11.7. The van der Waals surface area contributed by atoms with Gasteiger partial charge in [0.25, 0.3) is 0 Å². The number of rotatable bonds is 8. The normalized spacial score (nSPS) is 18.2. The summed E-state index contributed by atoms with van der Waals surface area (Å²) in [5.41, 5.74) is 3.30. The Morgan fingerprint density at radius 1 is 1.21 bits per heavy atom. The van der Waals surface area contributed by atoms with Gasteiger partial charge in [-0.15, -0.1) is 6.58 Å². The first-order chi connectivity index (χ1) is 16.2. The number of hydrogen-bond donors (Lipinski definition) is 0. The summed E-state index contributed by atoms with van der Waals surface area (Å²) < 4.78 is 10.9. The molecule has 0 radical (unpaired) electrons. The average molecular weight is 445 g/mol. The Hall–Kier alpha value is -3.34. The van der Waals surface area contributed by atoms with Crippen LogP contribution >= 0.6 is 0 Å². The molecule has 0 saturated carbocycles. The van der Waals surface area contributed by atoms with E-state index in [1.54, 1.807) is 7.11 Å². The molecule has 0 bridgehead atoms. The van der Waals surface area contributed by atoms with Gasteiger partial charge in [-0.25, -0.2) is 4.79 Å². The second-order valence-corrected chi connectivity index (χ2v) is 8.68. The van der Waals surface area contributed by atoms with Crippen LogP contribution in [0.3, 0.4) is 0 Å². The summed E-state index contributed by atoms with van der Waals surface area (Å²) in [5, 5.41) is 1.16. The molecule has 33 heavy (non-hydrogen) atoms. The Bertz CT molecular complexity index is 1080. The van der Waals surface area contributed by atoms with E-state index in [0.29, 0.717) is 19.1 Å². The summed E-state index contributed by atoms with van der Waals surface area (Å²) in [7, 11) is 1.69. The fourth-order valence-electron chi connectivity index (χ4n) is 4.71. The lowest BCUT2D eigenvalue weighted by Crippen LogP contribution is -2.43. The standard InChI is InChI=1S/C28H32N2O3/c1-3-22-19-30(28(31)33-20-21-8-5-4-6-9-21)17-15-23(22)10-7-11-24-14-16-29-27-13-12-25(32-2)18-26(24)27/h3-6,8-9,12-14,16,18,22-23H,1,7,10-11,15,17,19-20H2,2H3/t22-,23+/m0/s1. The third-order valence-electron chi connectivity index (χ3n) is 6.63. The lowest BCUT2D eigenvalue weighted by atomic mass is 9.82. The molecule has 4 rings (SSSR count). The summed E-state index contributed by atoms with van der Waals surface area (Å²) in [6.07, 6.45) is 7.82. The number of piperidine rings is 1. The van der Waals surface area contributed by atoms with E-state index in [0.717, 1.165) is 54.4 Å². The minimum absolute atomic E-state index is 0.235. The fraction of sp³-hybridized carbons (Fsp3) is 0.357. The second kappa shape index (κ2) is 11.0. The van der Waals surface area contributed by atoms with Gasteiger partial charge in [0.1, 0.15) is 12.4 Å². The highest BCUT2D eigenvalue weighted by molar-refractivity contribution is 5.83. The first-order valence-electron chi connectivity index (χ1n) is 11.7. The van der Waals surface area contributed by atoms with E-state index >= 15 is 0 Å². The molecular weight excluding hydrogens is 412 g/mol. The van der Waals surface area contributed by atoms with Crippen LogP contribution in [0.2, 0.25) is 0 Å². The molecule has 1 aromatic heterocycles. The predicted octanol–water partition coefficient (Wildman–Crippen LogP) is 6.03. The highest BCUT2D eigenvalue weighted by Gasteiger charge is 2.30. The number of aryl methyl sites for hydroxylation is 1. The number of methoxy groups -OCH3 is 1. The highest BCUT2D eigenvalue weighted by atomic mass is 16.6. The monoisotopic (exact) mass is 444 g/mol. The molecule has 5 nitrogen and oxygen atoms in total. The molecule has 2 heterocycles. The van der Waals surface area contributed by atoms with E-state index in [4.69, 9.17) is 9.47 Å². The van der Waals surface area contributed by atoms with Gasteiger partial charge in [0, 0.05) is 24.7 Å². The van der Waals surface area contributed by atoms with Crippen molar-refractivity contribution in [3.8, 4) is 5.75 Å². The number of nitrogens with zero attached hydrogens (tertiary/aromatic N) is 2. The maximum Gasteiger partial charge on any atom is 0.410 e. The predicted molar refractivity (Wildman–Crippen MR) is 131 cm³/mol. The maximum atomic E-state index is 12.6. The molecule has 0 spiro atoms. The number of ether oxygens (including phenoxy) is 2. The van der Waals surface area contributed by atoms with Gasteiger partial charge >= 0.3 is 6.09 Å². The van der Waals surface area contributed by atoms with E-state index < -0.39 is 0 Å². The number of amides is 1. The Morgan fingerprint density at radius 2 is 2.06 bits per heavy atom. The molecule has 1 amide bonds. The van der Waals surface area contributed by atoms with Crippen molar-refractivity contribution in [2.45, 2.75) is 32.3 Å². The van der Waals surface area contributed by atoms with Gasteiger partial charge < -0.3 is 14.4 Å². The summed E-state index contributed by atoms with van der Waals surface area (Å²) >= 11 is 0. The molecule has 172 valence electrons. The largest absolute Gasteiger partial charge is 0.497 e. The first kappa shape index (κ1) is 22.8. The molecule has 5 heteroatoms. The number of likely N-dealkylation sites (tertiary alicyclic amines) is 1. The van der Waals surface area contributed by atoms with Crippen LogP contribution in [0.25, 0.3) is 10.9 Å². The highest BCUT2D eigenvalue weighted by Crippen LogP contribution is 2.30. The number of pyridine rings is 1. The van der Waals surface area contributed by atoms with Gasteiger partial charge in [-0.1, -0.05) is 36.4 Å². The number of benzene rings is 2. The van der Waals surface area contributed by atoms with Crippen molar-refractivity contribution in [2.75, 3.05) is 20.2 Å². The average Bonchev–Trinajstić information content (AvgIpc) is 2.87. The number of hydrogen-bond acceptors (Lipinski definition) is 4. The minimum Gasteiger partial charge on any atom is -0.497 e. The molecule has 1 aliphatic heterocycles. The number of aromatic nitrogens is 1. The summed E-state index contributed by atoms with van der Waals surface area (Å²) in [6.45, 7) is 5.77. The lowest BCUT2D eigenvalue weighted by Gasteiger charge is -2.36. The zero-order valence-corrected chi connectivity index (χ0v) is 19.3. The molecule has 3 aromatic rings. The van der Waals surface area contributed by atoms with Crippen molar-refractivity contribution in [3.05, 3.63) is 84.6 Å². The van der Waals surface area contributed by atoms with Crippen molar-refractivity contribution in [3.63, 3.8) is 0 Å². The van der Waals surface area contributed by atoms with Crippen molar-refractivity contribution in [1.29, 1.82) is 0 Å². The van der Waals surface area contributed by atoms with Crippen LogP contribution in [-0.4, -0.2) is 36.2 Å². The molecule has 1 aliphatic rings. The van der Waals surface area contributed by atoms with Crippen LogP contribution in [0.1, 0.15) is 30.4 Å². The maximum absolute atomic E-state index is 12.6. The molecule has 0 aliphatic carbocycles. The summed E-state index contributed by atoms with van der Waals surface area (Å²) in [5.74, 6) is 1.68. The smallest absolute Gasteiger partial charge is 0.410 e. The van der Waals surface area contributed by atoms with E-state index in [1.807, 2.05) is 59.6 Å². The van der Waals surface area contributed by atoms with Crippen LogP contribution < -0.4 is 4.74 Å². The number of fused-ring (bicyclic) bond motifs is 1. The second-order valence-electron chi connectivity index (χ2n) is 8.68. The van der Waals surface area contributed by atoms with Crippen LogP contribution in [-0.2, 0) is 17.8 Å². The van der Waals surface area contributed by atoms with Crippen molar-refractivity contribution in [2.24, 2.45) is 11.8 Å². The molecule has 2 atom stereocenters. The SMILES string of the molecule is C=C[C@H]1CN(C(=O)OCc2ccccc2)CC[C@H]1CCCc1ccnc2ccc(OC)cc12. The van der Waals surface area contributed by atoms with Gasteiger partial charge in [0.15, 0.2) is 0 Å². The third kappa shape index (κ3) is 5.72. The molecule has 2 aromatic carbocycles. The third-order valence-corrected chi connectivity index (χ3v) is 6.63. The van der Waals surface area contributed by atoms with Crippen LogP contribution in [0.15, 0.2) is 73.4 Å². The Balaban J connectivity index is 1.30. The molecule has 0 N–H and O–H groups in total. The van der Waals surface area contributed by atoms with Crippen LogP contribution in [0, 0.1) is 11.8 Å². The van der Waals surface area contributed by atoms with Gasteiger partial charge in [0.2, 0.25) is 0 Å². The Labute approximate surface area is 196 Å². The Kier molecular flexibility index (Phi) is 7.61. The van der Waals surface area contributed by atoms with E-state index in [2.05, 4.69) is 23.7 Å². The van der Waals surface area contributed by atoms with Crippen molar-refractivity contribution < 1.29 is 14.3 Å². The minimum atomic E-state index is -0.235. The zero-order valence-electron chi connectivity index (χ0n) is 19.3. The molecule has 1 fully saturated rings. The quantitative estimate of drug-likeness (QED) is 0.398. The van der Waals surface area contributed by atoms with Crippen molar-refractivity contribution >= 4 is 17.0 Å². The summed E-state index contributed by atoms with van der Waals surface area (Å²) in [4.78, 5) is 18.9. The fourth-order valence-corrected chi connectivity index (χ4v) is 4.71. The van der Waals surface area contributed by atoms with Crippen molar-refractivity contribution in [1.82, 2.24) is 9.88 Å². The van der Waals surface area contributed by atoms with Gasteiger partial charge in [-0.2, -0.15) is 0 Å². The molecule has 0 unspecified atom stereocenters. The molecular formula is C28H32N2O3. The van der Waals surface area contributed by atoms with Gasteiger partial charge in [-0.3, -0.25) is 4.98 Å². The topological polar surface area (TPSA) is 51.7 Å². The Morgan fingerprint density at radius 3 is 2.85 bits per heavy atom. The van der Waals surface area contributed by atoms with Crippen LogP contribution in [0.5, 0.6) is 5.75 Å². The van der Waals surface area contributed by atoms with Gasteiger partial charge in [0.05, 0.1) is 12.6 Å². The van der Waals surface area contributed by atoms with Gasteiger partial charge in [-0.05, 0) is 72.9 Å². The number of carbonyl (C=O) groups is 1. The van der Waals surface area contributed by atoms with Crippen LogP contribution in [0.4, 0.5) is 4.79 Å². The van der Waals surface area contributed by atoms with E-state index in [9.17, 15) is 4.79 Å². The number of carbonyl (C=O) groups excluding carboxylic acids is 1. The lowest BCUT2D eigenvalue weighted by molar-refractivity contribution is 0.0707. The zero-order chi connectivity index (χ0) is 23.0. The van der Waals surface area contributed by atoms with E-state index in [1.165, 1.54) is 5.56 Å². The molecule has 1 saturated heterocycles.